The average molecular weight is 1240 g/mol. The summed E-state index contributed by atoms with van der Waals surface area (Å²) in [5.41, 5.74) is 6.75. The number of hydrogen-bond acceptors (Lipinski definition) is 13. The molecule has 11 atom stereocenters. The van der Waals surface area contributed by atoms with E-state index in [1.807, 2.05) is 85.7 Å². The minimum atomic E-state index is -1.40. The number of amides is 10. The van der Waals surface area contributed by atoms with Crippen molar-refractivity contribution < 1.29 is 62.6 Å². The van der Waals surface area contributed by atoms with Crippen molar-refractivity contribution in [1.29, 1.82) is 0 Å². The van der Waals surface area contributed by atoms with Crippen LogP contribution in [0.4, 0.5) is 0 Å². The Kier molecular flexibility index (Phi) is 33.1. The zero-order valence-corrected chi connectivity index (χ0v) is 57.2. The fourth-order valence-electron chi connectivity index (χ4n) is 10.5. The number of aliphatic carboxylic acids is 1. The van der Waals surface area contributed by atoms with Gasteiger partial charge >= 0.3 is 5.97 Å². The van der Waals surface area contributed by atoms with Crippen LogP contribution in [-0.2, 0) is 64.1 Å². The lowest BCUT2D eigenvalue weighted by atomic mass is 9.95. The van der Waals surface area contributed by atoms with Crippen molar-refractivity contribution in [1.82, 2.24) is 50.2 Å². The number of likely N-dealkylation sites (N-methyl/N-ethyl adjacent to an activating group) is 7. The van der Waals surface area contributed by atoms with Gasteiger partial charge in [-0.2, -0.15) is 0 Å². The number of nitrogens with one attached hydrogen (secondary N) is 3. The number of benzene rings is 1. The monoisotopic (exact) mass is 1240 g/mol. The first kappa shape index (κ1) is 79.3. The van der Waals surface area contributed by atoms with Crippen molar-refractivity contribution in [3.8, 4) is 0 Å². The van der Waals surface area contributed by atoms with E-state index >= 15 is 4.79 Å². The minimum Gasteiger partial charge on any atom is -0.480 e. The molecule has 0 bridgehead atoms. The highest BCUT2D eigenvalue weighted by Crippen LogP contribution is 2.25. The predicted octanol–water partition coefficient (Wildman–Crippen LogP) is 3.82. The number of ether oxygens (including phenoxy) is 1. The number of hydrogen-bond donors (Lipinski definition) is 5. The van der Waals surface area contributed by atoms with E-state index in [9.17, 15) is 53.1 Å². The maximum Gasteiger partial charge on any atom is 0.325 e. The Bertz CT molecular complexity index is 2490. The zero-order valence-electron chi connectivity index (χ0n) is 57.2. The molecule has 0 fully saturated rings. The van der Waals surface area contributed by atoms with Gasteiger partial charge in [-0.15, -0.1) is 0 Å². The normalized spacial score (nSPS) is 15.4. The number of carbonyl (C=O) groups is 11. The van der Waals surface area contributed by atoms with E-state index in [1.165, 1.54) is 92.6 Å². The Hall–Kier alpha value is -6.69. The Morgan fingerprint density at radius 3 is 1.33 bits per heavy atom. The Balaban J connectivity index is 3.70. The number of carboxylic acids is 1. The molecule has 24 nitrogen and oxygen atoms in total. The molecule has 0 radical (unpaired) electrons. The summed E-state index contributed by atoms with van der Waals surface area (Å²) < 4.78 is 6.31. The maximum atomic E-state index is 15.2. The summed E-state index contributed by atoms with van der Waals surface area (Å²) in [6, 6.07) is -2.11. The van der Waals surface area contributed by atoms with Crippen molar-refractivity contribution in [3.05, 3.63) is 35.9 Å². The van der Waals surface area contributed by atoms with Gasteiger partial charge in [0.2, 0.25) is 59.1 Å². The summed E-state index contributed by atoms with van der Waals surface area (Å²) in [5, 5.41) is 17.5. The van der Waals surface area contributed by atoms with Crippen LogP contribution < -0.4 is 21.7 Å². The quantitative estimate of drug-likeness (QED) is 0.0639. The molecule has 0 aromatic heterocycles. The van der Waals surface area contributed by atoms with Crippen LogP contribution in [-0.4, -0.2) is 227 Å². The van der Waals surface area contributed by atoms with Crippen LogP contribution in [0.25, 0.3) is 0 Å². The van der Waals surface area contributed by atoms with E-state index in [1.54, 1.807) is 41.5 Å². The molecule has 24 heteroatoms. The zero-order chi connectivity index (χ0) is 68.1. The molecule has 0 spiro atoms. The highest BCUT2D eigenvalue weighted by atomic mass is 16.5. The van der Waals surface area contributed by atoms with Gasteiger partial charge in [0.05, 0.1) is 25.3 Å². The van der Waals surface area contributed by atoms with Gasteiger partial charge in [0, 0.05) is 49.3 Å². The highest BCUT2D eigenvalue weighted by Gasteiger charge is 2.44. The summed E-state index contributed by atoms with van der Waals surface area (Å²) in [4.78, 5) is 164. The second kappa shape index (κ2) is 36.7. The summed E-state index contributed by atoms with van der Waals surface area (Å²) in [7, 11) is 10.2. The first-order chi connectivity index (χ1) is 40.7. The molecule has 1 rings (SSSR count). The number of nitrogens with two attached hydrogens (primary N) is 1. The minimum absolute atomic E-state index is 0.00799. The fraction of sp³-hybridized carbons (Fsp3) is 0.734. The van der Waals surface area contributed by atoms with Crippen LogP contribution in [0.2, 0.25) is 0 Å². The first-order valence-corrected chi connectivity index (χ1v) is 31.1. The second-order valence-corrected chi connectivity index (χ2v) is 26.2. The van der Waals surface area contributed by atoms with Crippen LogP contribution in [0.15, 0.2) is 30.3 Å². The van der Waals surface area contributed by atoms with Crippen molar-refractivity contribution in [2.24, 2.45) is 41.2 Å². The molecule has 1 aromatic carbocycles. The number of rotatable bonds is 36. The van der Waals surface area contributed by atoms with Crippen molar-refractivity contribution in [2.45, 2.75) is 216 Å². The van der Waals surface area contributed by atoms with E-state index in [2.05, 4.69) is 16.0 Å². The first-order valence-electron chi connectivity index (χ1n) is 31.1. The van der Waals surface area contributed by atoms with Crippen molar-refractivity contribution in [3.63, 3.8) is 0 Å². The fourth-order valence-corrected chi connectivity index (χ4v) is 10.5. The summed E-state index contributed by atoms with van der Waals surface area (Å²) in [6.07, 6.45) is -0.102. The topological polar surface area (TPSA) is 302 Å². The van der Waals surface area contributed by atoms with Crippen molar-refractivity contribution in [2.75, 3.05) is 55.9 Å². The van der Waals surface area contributed by atoms with Gasteiger partial charge in [-0.3, -0.25) is 52.7 Å². The molecule has 0 saturated heterocycles. The van der Waals surface area contributed by atoms with E-state index in [4.69, 9.17) is 10.5 Å². The van der Waals surface area contributed by atoms with Gasteiger partial charge in [-0.05, 0) is 93.9 Å². The van der Waals surface area contributed by atoms with E-state index in [0.29, 0.717) is 6.42 Å². The molecule has 0 aliphatic carbocycles. The standard InChI is InChI=1S/C64H111N11O13/c1-24-46(59(81)69(17)34-51(76)70(18)47(30-36(2)3)56(78)68-52(40(10)11)62(84)71(19)48(31-37(4)5)55(77)66-43(15)64(86)87)67-57(79)54(44(16)88-35-45-28-26-25-27-29-45)75(23)63(85)53(41(12)13)74(22)61(83)50(33-39(8)9)73(21)60(82)49(32-38(6)7)72(20)58(80)42(14)65/h25-29,36-44,46-50,52-54H,24,30-35,65H2,1-23H3,(H,66,77)(H,67,79)(H,68,78)(H,86,87)/t42-,43+,44-,46+,47+,48+,49+,50+,52+,53+,54+/m1/s1. The van der Waals surface area contributed by atoms with Crippen LogP contribution >= 0.6 is 0 Å². The Morgan fingerprint density at radius 1 is 0.477 bits per heavy atom. The van der Waals surface area contributed by atoms with Gasteiger partial charge in [0.1, 0.15) is 54.4 Å². The summed E-state index contributed by atoms with van der Waals surface area (Å²) in [6.45, 7) is 27.7. The molecule has 500 valence electrons. The lowest BCUT2D eigenvalue weighted by Gasteiger charge is -2.41. The third-order valence-electron chi connectivity index (χ3n) is 15.9. The number of nitrogens with zero attached hydrogens (tertiary/aromatic N) is 7. The van der Waals surface area contributed by atoms with Crippen LogP contribution in [0.3, 0.4) is 0 Å². The Morgan fingerprint density at radius 2 is 0.898 bits per heavy atom. The summed E-state index contributed by atoms with van der Waals surface area (Å²) in [5.74, 6) is -8.68. The Labute approximate surface area is 525 Å². The molecular formula is C64H111N11O13. The molecular weight excluding hydrogens is 1130 g/mol. The number of carboxylic acid groups (broad SMARTS) is 1. The van der Waals surface area contributed by atoms with E-state index in [-0.39, 0.29) is 56.0 Å². The molecule has 88 heavy (non-hydrogen) atoms. The van der Waals surface area contributed by atoms with Crippen LogP contribution in [0, 0.1) is 35.5 Å². The molecule has 0 saturated carbocycles. The van der Waals surface area contributed by atoms with Crippen molar-refractivity contribution >= 4 is 65.0 Å². The van der Waals surface area contributed by atoms with E-state index < -0.39 is 150 Å². The highest BCUT2D eigenvalue weighted by molar-refractivity contribution is 5.98. The molecule has 0 unspecified atom stereocenters. The lowest BCUT2D eigenvalue weighted by Crippen LogP contribution is -2.63. The predicted molar refractivity (Wildman–Crippen MR) is 338 cm³/mol. The van der Waals surface area contributed by atoms with Crippen LogP contribution in [0.5, 0.6) is 0 Å². The second-order valence-electron chi connectivity index (χ2n) is 26.2. The maximum absolute atomic E-state index is 15.2. The third-order valence-corrected chi connectivity index (χ3v) is 15.9. The van der Waals surface area contributed by atoms with Crippen LogP contribution in [0.1, 0.15) is 148 Å². The van der Waals surface area contributed by atoms with Gasteiger partial charge < -0.3 is 65.8 Å². The van der Waals surface area contributed by atoms with Gasteiger partial charge in [0.25, 0.3) is 0 Å². The molecule has 0 aliphatic rings. The number of carbonyl (C=O) groups excluding carboxylic acids is 10. The average Bonchev–Trinajstić information content (AvgIpc) is 3.66. The largest absolute Gasteiger partial charge is 0.480 e. The summed E-state index contributed by atoms with van der Waals surface area (Å²) >= 11 is 0. The van der Waals surface area contributed by atoms with E-state index in [0.717, 1.165) is 10.5 Å². The van der Waals surface area contributed by atoms with Gasteiger partial charge in [0.15, 0.2) is 0 Å². The molecule has 1 aromatic rings. The molecule has 0 heterocycles. The molecule has 6 N–H and O–H groups in total. The third kappa shape index (κ3) is 23.4. The molecule has 0 aliphatic heterocycles. The smallest absolute Gasteiger partial charge is 0.325 e. The van der Waals surface area contributed by atoms with Gasteiger partial charge in [-0.1, -0.05) is 120 Å². The lowest BCUT2D eigenvalue weighted by molar-refractivity contribution is -0.157. The SMILES string of the molecule is CC[C@H](NC(=O)[C@H]([C@@H](C)OCc1ccccc1)N(C)C(=O)[C@H](C(C)C)N(C)C(=O)[C@H](CC(C)C)N(C)C(=O)[C@H](CC(C)C)N(C)C(=O)[C@@H](C)N)C(=O)N(C)CC(=O)N(C)[C@@H](CC(C)C)C(=O)N[C@H](C(=O)N(C)[C@@H](CC(C)C)C(=O)N[C@@H](C)C(=O)O)C(C)C. The molecule has 10 amide bonds. The van der Waals surface area contributed by atoms with Gasteiger partial charge in [-0.25, -0.2) is 0 Å².